The summed E-state index contributed by atoms with van der Waals surface area (Å²) in [4.78, 5) is 55.9. The Morgan fingerprint density at radius 3 is 2.37 bits per heavy atom. The molecule has 0 bridgehead atoms. The number of halogens is 2. The fraction of sp³-hybridized carbons (Fsp3) is 0.478. The predicted molar refractivity (Wildman–Crippen MR) is 136 cm³/mol. The monoisotopic (exact) mass is 572 g/mol. The molecule has 0 saturated heterocycles. The molecule has 0 N–H and O–H groups in total. The summed E-state index contributed by atoms with van der Waals surface area (Å²) in [6, 6.07) is 2.06. The second-order valence-corrected chi connectivity index (χ2v) is 9.08. The Hall–Kier alpha value is -3.36. The van der Waals surface area contributed by atoms with Crippen LogP contribution in [-0.2, 0) is 42.7 Å². The highest BCUT2D eigenvalue weighted by atomic mass is 35.5. The van der Waals surface area contributed by atoms with Gasteiger partial charge in [0.2, 0.25) is 0 Å². The summed E-state index contributed by atoms with van der Waals surface area (Å²) >= 11 is 11.4. The Bertz CT molecular complexity index is 1440. The Kier molecular flexibility index (Phi) is 8.90. The first-order valence-corrected chi connectivity index (χ1v) is 12.3. The number of benzene rings is 1. The molecule has 206 valence electrons. The van der Waals surface area contributed by atoms with Crippen molar-refractivity contribution in [3.63, 3.8) is 0 Å². The van der Waals surface area contributed by atoms with Crippen LogP contribution in [0.3, 0.4) is 0 Å². The Morgan fingerprint density at radius 1 is 1.18 bits per heavy atom. The molecule has 3 rings (SSSR count). The van der Waals surface area contributed by atoms with Gasteiger partial charge in [-0.2, -0.15) is 0 Å². The van der Waals surface area contributed by atoms with Crippen molar-refractivity contribution in [2.45, 2.75) is 38.9 Å². The number of ether oxygens (including phenoxy) is 3. The van der Waals surface area contributed by atoms with E-state index in [9.17, 15) is 19.2 Å². The summed E-state index contributed by atoms with van der Waals surface area (Å²) in [7, 11) is 2.68. The van der Waals surface area contributed by atoms with E-state index in [0.29, 0.717) is 4.57 Å². The van der Waals surface area contributed by atoms with Crippen LogP contribution in [0.4, 0.5) is 4.39 Å². The van der Waals surface area contributed by atoms with Crippen LogP contribution >= 0.6 is 23.8 Å². The van der Waals surface area contributed by atoms with Crippen LogP contribution in [0.15, 0.2) is 26.9 Å². The van der Waals surface area contributed by atoms with E-state index in [-0.39, 0.29) is 40.7 Å². The fourth-order valence-corrected chi connectivity index (χ4v) is 4.04. The topological polar surface area (TPSA) is 132 Å². The molecule has 0 radical (unpaired) electrons. The number of aromatic nitrogens is 3. The second-order valence-electron chi connectivity index (χ2n) is 8.31. The number of rotatable bonds is 9. The lowest BCUT2D eigenvalue weighted by Crippen LogP contribution is -2.46. The third-order valence-electron chi connectivity index (χ3n) is 5.73. The largest absolute Gasteiger partial charge is 0.464 e. The lowest BCUT2D eigenvalue weighted by atomic mass is 9.94. The van der Waals surface area contributed by atoms with Crippen molar-refractivity contribution in [2.75, 3.05) is 19.8 Å². The molecule has 2 unspecified atom stereocenters. The quantitative estimate of drug-likeness (QED) is 0.326. The lowest BCUT2D eigenvalue weighted by molar-refractivity contribution is -0.183. The van der Waals surface area contributed by atoms with Gasteiger partial charge in [-0.25, -0.2) is 28.1 Å². The molecule has 0 aliphatic carbocycles. The lowest BCUT2D eigenvalue weighted by Gasteiger charge is -2.25. The highest BCUT2D eigenvalue weighted by Gasteiger charge is 2.50. The molecule has 0 amide bonds. The van der Waals surface area contributed by atoms with E-state index in [1.165, 1.54) is 21.0 Å². The van der Waals surface area contributed by atoms with Crippen LogP contribution < -0.4 is 11.4 Å². The van der Waals surface area contributed by atoms with Crippen LogP contribution in [0.25, 0.3) is 5.69 Å². The molecule has 0 spiro atoms. The number of hydrogen-bond acceptors (Lipinski definition) is 10. The zero-order chi connectivity index (χ0) is 28.4. The van der Waals surface area contributed by atoms with Gasteiger partial charge in [0.1, 0.15) is 12.4 Å². The van der Waals surface area contributed by atoms with Gasteiger partial charge in [-0.05, 0) is 45.1 Å². The van der Waals surface area contributed by atoms with Crippen molar-refractivity contribution in [3.05, 3.63) is 54.3 Å². The molecule has 2 heterocycles. The van der Waals surface area contributed by atoms with Gasteiger partial charge < -0.3 is 19.0 Å². The summed E-state index contributed by atoms with van der Waals surface area (Å²) < 4.78 is 33.2. The number of hydrogen-bond donors (Lipinski definition) is 0. The minimum atomic E-state index is -1.78. The third-order valence-corrected chi connectivity index (χ3v) is 6.60. The molecule has 12 nitrogen and oxygen atoms in total. The molecule has 0 fully saturated rings. The van der Waals surface area contributed by atoms with Gasteiger partial charge in [0.15, 0.2) is 10.9 Å². The van der Waals surface area contributed by atoms with Gasteiger partial charge in [-0.3, -0.25) is 9.13 Å². The molecule has 15 heteroatoms. The second kappa shape index (κ2) is 11.6. The number of nitrogens with zero attached hydrogens (tertiary/aromatic N) is 4. The molecule has 1 aliphatic rings. The molecule has 1 aliphatic heterocycles. The highest BCUT2D eigenvalue weighted by molar-refractivity contribution is 7.71. The molecule has 1 aromatic heterocycles. The van der Waals surface area contributed by atoms with Gasteiger partial charge >= 0.3 is 23.3 Å². The van der Waals surface area contributed by atoms with E-state index in [1.807, 2.05) is 0 Å². The van der Waals surface area contributed by atoms with Gasteiger partial charge in [0.05, 0.1) is 29.6 Å². The van der Waals surface area contributed by atoms with Crippen LogP contribution in [0, 0.1) is 10.6 Å². The van der Waals surface area contributed by atoms with Gasteiger partial charge in [-0.15, -0.1) is 0 Å². The molecule has 38 heavy (non-hydrogen) atoms. The Morgan fingerprint density at radius 2 is 1.79 bits per heavy atom. The fourth-order valence-electron chi connectivity index (χ4n) is 3.62. The summed E-state index contributed by atoms with van der Waals surface area (Å²) in [6.45, 7) is 4.42. The number of carbonyl (C=O) groups excluding carboxylic acids is 2. The first-order valence-electron chi connectivity index (χ1n) is 11.5. The number of oxime groups is 1. The first kappa shape index (κ1) is 29.2. The van der Waals surface area contributed by atoms with Crippen LogP contribution in [0.5, 0.6) is 0 Å². The highest BCUT2D eigenvalue weighted by Crippen LogP contribution is 2.33. The zero-order valence-corrected chi connectivity index (χ0v) is 22.9. The summed E-state index contributed by atoms with van der Waals surface area (Å²) in [5.41, 5.74) is -3.77. The van der Waals surface area contributed by atoms with Crippen molar-refractivity contribution in [3.8, 4) is 5.69 Å². The Labute approximate surface area is 226 Å². The SMILES string of the molecule is CCOC(=O)C(C)OCC1(C(=O)OCC)CC(c2cc(-n3c(=O)n(C)c(=S)n(C)c3=O)c(F)cc2Cl)=NO1. The van der Waals surface area contributed by atoms with Crippen molar-refractivity contribution < 1.29 is 33.0 Å². The van der Waals surface area contributed by atoms with Crippen molar-refractivity contribution >= 4 is 41.5 Å². The molecule has 0 saturated carbocycles. The maximum atomic E-state index is 15.0. The molecule has 1 aromatic carbocycles. The minimum Gasteiger partial charge on any atom is -0.464 e. The first-order chi connectivity index (χ1) is 17.9. The average Bonchev–Trinajstić information content (AvgIpc) is 3.32. The van der Waals surface area contributed by atoms with E-state index in [2.05, 4.69) is 5.16 Å². The summed E-state index contributed by atoms with van der Waals surface area (Å²) in [6.07, 6.45) is -1.26. The van der Waals surface area contributed by atoms with Gasteiger partial charge in [-0.1, -0.05) is 16.8 Å². The molecule has 2 atom stereocenters. The maximum Gasteiger partial charge on any atom is 0.356 e. The Balaban J connectivity index is 2.03. The zero-order valence-electron chi connectivity index (χ0n) is 21.3. The van der Waals surface area contributed by atoms with E-state index >= 15 is 4.39 Å². The third kappa shape index (κ3) is 5.42. The van der Waals surface area contributed by atoms with Crippen LogP contribution in [0.2, 0.25) is 5.02 Å². The minimum absolute atomic E-state index is 0.0240. The van der Waals surface area contributed by atoms with Crippen molar-refractivity contribution in [1.29, 1.82) is 0 Å². The van der Waals surface area contributed by atoms with E-state index in [1.54, 1.807) is 13.8 Å². The number of esters is 2. The molecular weight excluding hydrogens is 547 g/mol. The standard InChI is InChI=1S/C23H26ClFN4O8S/c1-6-34-18(30)12(3)36-11-23(19(31)35-7-2)10-16(26-37-23)13-8-17(15(25)9-14(13)24)29-20(32)27(4)22(38)28(5)21(29)33/h8-9,12H,6-7,10-11H2,1-5H3. The molecular formula is C23H26ClFN4O8S. The molecule has 2 aromatic rings. The van der Waals surface area contributed by atoms with E-state index in [4.69, 9.17) is 42.9 Å². The maximum absolute atomic E-state index is 15.0. The average molecular weight is 573 g/mol. The van der Waals surface area contributed by atoms with Gasteiger partial charge in [0, 0.05) is 26.1 Å². The van der Waals surface area contributed by atoms with Crippen molar-refractivity contribution in [2.24, 2.45) is 19.3 Å². The van der Waals surface area contributed by atoms with E-state index in [0.717, 1.165) is 21.3 Å². The van der Waals surface area contributed by atoms with Crippen LogP contribution in [-0.4, -0.2) is 62.9 Å². The van der Waals surface area contributed by atoms with Crippen LogP contribution in [0.1, 0.15) is 32.8 Å². The summed E-state index contributed by atoms with van der Waals surface area (Å²) in [5, 5.41) is 3.84. The van der Waals surface area contributed by atoms with Crippen molar-refractivity contribution in [1.82, 2.24) is 13.7 Å². The van der Waals surface area contributed by atoms with Gasteiger partial charge in [0.25, 0.3) is 5.60 Å². The number of carbonyl (C=O) groups is 2. The summed E-state index contributed by atoms with van der Waals surface area (Å²) in [5.74, 6) is -2.41. The van der Waals surface area contributed by atoms with E-state index < -0.39 is 53.1 Å². The normalized spacial score (nSPS) is 17.5. The predicted octanol–water partition coefficient (Wildman–Crippen LogP) is 1.79. The smallest absolute Gasteiger partial charge is 0.356 e.